The SMILES string of the molecule is O=C(COC(=O)c1cc(S(=O)(=O)N2CCCC2)ccc1Cl)Nc1ccc(F)cc1Cl. The lowest BCUT2D eigenvalue weighted by atomic mass is 10.2. The van der Waals surface area contributed by atoms with Crippen molar-refractivity contribution in [2.75, 3.05) is 25.0 Å². The molecule has 0 spiro atoms. The second kappa shape index (κ2) is 9.30. The molecule has 3 rings (SSSR count). The minimum Gasteiger partial charge on any atom is -0.452 e. The van der Waals surface area contributed by atoms with Crippen molar-refractivity contribution in [1.82, 2.24) is 4.31 Å². The summed E-state index contributed by atoms with van der Waals surface area (Å²) in [6.45, 7) is 0.152. The Labute approximate surface area is 182 Å². The molecule has 0 aliphatic carbocycles. The number of rotatable bonds is 6. The summed E-state index contributed by atoms with van der Waals surface area (Å²) in [5.41, 5.74) is -0.0274. The molecule has 0 atom stereocenters. The quantitative estimate of drug-likeness (QED) is 0.644. The predicted molar refractivity (Wildman–Crippen MR) is 110 cm³/mol. The summed E-state index contributed by atoms with van der Waals surface area (Å²) in [5, 5.41) is 2.35. The monoisotopic (exact) mass is 474 g/mol. The minimum absolute atomic E-state index is 0.0117. The van der Waals surface area contributed by atoms with E-state index in [4.69, 9.17) is 27.9 Å². The molecule has 0 bridgehead atoms. The number of benzene rings is 2. The average Bonchev–Trinajstić information content (AvgIpc) is 3.24. The molecule has 1 aliphatic rings. The van der Waals surface area contributed by atoms with Crippen molar-refractivity contribution < 1.29 is 27.1 Å². The Morgan fingerprint density at radius 3 is 2.43 bits per heavy atom. The van der Waals surface area contributed by atoms with Crippen LogP contribution in [0.3, 0.4) is 0 Å². The van der Waals surface area contributed by atoms with Crippen LogP contribution in [0.1, 0.15) is 23.2 Å². The lowest BCUT2D eigenvalue weighted by molar-refractivity contribution is -0.119. The molecule has 11 heteroatoms. The summed E-state index contributed by atoms with van der Waals surface area (Å²) in [4.78, 5) is 24.3. The third kappa shape index (κ3) is 5.10. The standard InChI is InChI=1S/C19H17Cl2FN2O5S/c20-15-5-4-13(30(27,28)24-7-1-2-8-24)10-14(15)19(26)29-11-18(25)23-17-6-3-12(22)9-16(17)21/h3-6,9-10H,1-2,7-8,11H2,(H,23,25). The van der Waals surface area contributed by atoms with Gasteiger partial charge in [0.25, 0.3) is 5.91 Å². The van der Waals surface area contributed by atoms with Gasteiger partial charge in [-0.2, -0.15) is 4.31 Å². The van der Waals surface area contributed by atoms with Gasteiger partial charge in [-0.15, -0.1) is 0 Å². The normalized spacial score (nSPS) is 14.5. The van der Waals surface area contributed by atoms with Gasteiger partial charge >= 0.3 is 5.97 Å². The highest BCUT2D eigenvalue weighted by atomic mass is 35.5. The number of nitrogens with one attached hydrogen (secondary N) is 1. The van der Waals surface area contributed by atoms with Gasteiger partial charge in [0.2, 0.25) is 10.0 Å². The number of halogens is 3. The van der Waals surface area contributed by atoms with Crippen LogP contribution in [0, 0.1) is 5.82 Å². The van der Waals surface area contributed by atoms with Crippen molar-refractivity contribution >= 4 is 50.8 Å². The zero-order valence-corrected chi connectivity index (χ0v) is 17.9. The molecular weight excluding hydrogens is 458 g/mol. The Hall–Kier alpha value is -2.20. The van der Waals surface area contributed by atoms with Crippen molar-refractivity contribution in [2.24, 2.45) is 0 Å². The fraction of sp³-hybridized carbons (Fsp3) is 0.263. The summed E-state index contributed by atoms with van der Waals surface area (Å²) in [6, 6.07) is 7.14. The molecule has 1 fully saturated rings. The Morgan fingerprint density at radius 2 is 1.77 bits per heavy atom. The number of anilines is 1. The molecule has 1 saturated heterocycles. The second-order valence-corrected chi connectivity index (χ2v) is 9.25. The molecule has 1 amide bonds. The Kier molecular flexibility index (Phi) is 6.97. The largest absolute Gasteiger partial charge is 0.452 e. The van der Waals surface area contributed by atoms with Crippen LogP contribution in [0.25, 0.3) is 0 Å². The van der Waals surface area contributed by atoms with E-state index in [-0.39, 0.29) is 26.2 Å². The van der Waals surface area contributed by atoms with Crippen molar-refractivity contribution in [3.63, 3.8) is 0 Å². The first-order chi connectivity index (χ1) is 14.2. The van der Waals surface area contributed by atoms with Gasteiger partial charge in [0.15, 0.2) is 6.61 Å². The maximum atomic E-state index is 13.1. The molecule has 0 radical (unpaired) electrons. The predicted octanol–water partition coefficient (Wildman–Crippen LogP) is 3.71. The number of sulfonamides is 1. The lowest BCUT2D eigenvalue weighted by Gasteiger charge is -2.16. The van der Waals surface area contributed by atoms with Crippen LogP contribution in [-0.4, -0.2) is 44.3 Å². The van der Waals surface area contributed by atoms with E-state index < -0.39 is 34.3 Å². The van der Waals surface area contributed by atoms with Gasteiger partial charge in [-0.1, -0.05) is 23.2 Å². The number of nitrogens with zero attached hydrogens (tertiary/aromatic N) is 1. The average molecular weight is 475 g/mol. The maximum Gasteiger partial charge on any atom is 0.340 e. The van der Waals surface area contributed by atoms with Gasteiger partial charge in [0.05, 0.1) is 26.2 Å². The Morgan fingerprint density at radius 1 is 1.07 bits per heavy atom. The number of carbonyl (C=O) groups excluding carboxylic acids is 2. The number of hydrogen-bond acceptors (Lipinski definition) is 5. The van der Waals surface area contributed by atoms with Gasteiger partial charge in [0.1, 0.15) is 5.82 Å². The number of esters is 1. The van der Waals surface area contributed by atoms with Gasteiger partial charge in [-0.25, -0.2) is 17.6 Å². The van der Waals surface area contributed by atoms with Gasteiger partial charge in [-0.3, -0.25) is 4.79 Å². The maximum absolute atomic E-state index is 13.1. The van der Waals surface area contributed by atoms with E-state index in [0.717, 1.165) is 31.0 Å². The molecule has 2 aromatic carbocycles. The Balaban J connectivity index is 1.68. The van der Waals surface area contributed by atoms with Crippen LogP contribution < -0.4 is 5.32 Å². The highest BCUT2D eigenvalue weighted by Gasteiger charge is 2.28. The second-order valence-electron chi connectivity index (χ2n) is 6.50. The van der Waals surface area contributed by atoms with Gasteiger partial charge < -0.3 is 10.1 Å². The molecule has 160 valence electrons. The van der Waals surface area contributed by atoms with Crippen molar-refractivity contribution in [3.05, 3.63) is 57.8 Å². The van der Waals surface area contributed by atoms with Crippen LogP contribution in [0.4, 0.5) is 10.1 Å². The number of carbonyl (C=O) groups is 2. The topological polar surface area (TPSA) is 92.8 Å². The first-order valence-electron chi connectivity index (χ1n) is 8.90. The summed E-state index contributed by atoms with van der Waals surface area (Å²) in [7, 11) is -3.75. The van der Waals surface area contributed by atoms with Gasteiger partial charge in [0, 0.05) is 13.1 Å². The summed E-state index contributed by atoms with van der Waals surface area (Å²) < 4.78 is 44.7. The van der Waals surface area contributed by atoms with E-state index >= 15 is 0 Å². The van der Waals surface area contributed by atoms with Crippen LogP contribution in [0.15, 0.2) is 41.3 Å². The zero-order valence-electron chi connectivity index (χ0n) is 15.5. The summed E-state index contributed by atoms with van der Waals surface area (Å²) >= 11 is 11.8. The van der Waals surface area contributed by atoms with Crippen LogP contribution in [0.2, 0.25) is 10.0 Å². The van der Waals surface area contributed by atoms with Gasteiger partial charge in [-0.05, 0) is 49.2 Å². The van der Waals surface area contributed by atoms with Crippen molar-refractivity contribution in [3.8, 4) is 0 Å². The number of hydrogen-bond donors (Lipinski definition) is 1. The van der Waals surface area contributed by atoms with Crippen LogP contribution >= 0.6 is 23.2 Å². The highest BCUT2D eigenvalue weighted by Crippen LogP contribution is 2.26. The van der Waals surface area contributed by atoms with E-state index in [2.05, 4.69) is 5.32 Å². The molecule has 2 aromatic rings. The van der Waals surface area contributed by atoms with E-state index in [0.29, 0.717) is 13.1 Å². The Bertz CT molecular complexity index is 1090. The molecule has 1 N–H and O–H groups in total. The van der Waals surface area contributed by atoms with E-state index in [9.17, 15) is 22.4 Å². The molecule has 0 aromatic heterocycles. The van der Waals surface area contributed by atoms with Crippen LogP contribution in [0.5, 0.6) is 0 Å². The lowest BCUT2D eigenvalue weighted by Crippen LogP contribution is -2.28. The molecule has 1 heterocycles. The van der Waals surface area contributed by atoms with Crippen molar-refractivity contribution in [1.29, 1.82) is 0 Å². The number of amides is 1. The molecule has 30 heavy (non-hydrogen) atoms. The first kappa shape index (κ1) is 22.5. The fourth-order valence-electron chi connectivity index (χ4n) is 2.88. The third-order valence-electron chi connectivity index (χ3n) is 4.40. The molecule has 7 nitrogen and oxygen atoms in total. The molecule has 0 unspecified atom stereocenters. The molecule has 1 aliphatic heterocycles. The van der Waals surface area contributed by atoms with Crippen LogP contribution in [-0.2, 0) is 19.6 Å². The smallest absolute Gasteiger partial charge is 0.340 e. The summed E-state index contributed by atoms with van der Waals surface area (Å²) in [6.07, 6.45) is 1.55. The minimum atomic E-state index is -3.75. The number of ether oxygens (including phenoxy) is 1. The molecular formula is C19H17Cl2FN2O5S. The third-order valence-corrected chi connectivity index (χ3v) is 6.94. The molecule has 0 saturated carbocycles. The fourth-order valence-corrected chi connectivity index (χ4v) is 4.84. The van der Waals surface area contributed by atoms with E-state index in [1.807, 2.05) is 0 Å². The highest BCUT2D eigenvalue weighted by molar-refractivity contribution is 7.89. The summed E-state index contributed by atoms with van der Waals surface area (Å²) in [5.74, 6) is -2.24. The van der Waals surface area contributed by atoms with Crippen molar-refractivity contribution in [2.45, 2.75) is 17.7 Å². The zero-order chi connectivity index (χ0) is 21.9. The first-order valence-corrected chi connectivity index (χ1v) is 11.1. The van der Waals surface area contributed by atoms with E-state index in [1.54, 1.807) is 0 Å². The van der Waals surface area contributed by atoms with E-state index in [1.165, 1.54) is 22.5 Å².